The van der Waals surface area contributed by atoms with Gasteiger partial charge in [0.1, 0.15) is 9.52 Å². The summed E-state index contributed by atoms with van der Waals surface area (Å²) >= 11 is 2.07. The first-order valence-electron chi connectivity index (χ1n) is 4.74. The summed E-state index contributed by atoms with van der Waals surface area (Å²) in [7, 11) is 0. The lowest BCUT2D eigenvalue weighted by Crippen LogP contribution is -2.01. The zero-order valence-corrected chi connectivity index (χ0v) is 10.8. The van der Waals surface area contributed by atoms with Gasteiger partial charge in [0.15, 0.2) is 0 Å². The van der Waals surface area contributed by atoms with Gasteiger partial charge in [0, 0.05) is 11.8 Å². The first-order valence-corrected chi connectivity index (χ1v) is 5.82. The predicted octanol–water partition coefficient (Wildman–Crippen LogP) is 2.28. The van der Waals surface area contributed by atoms with Crippen molar-refractivity contribution in [3.63, 3.8) is 0 Å². The molecule has 0 aliphatic heterocycles. The monoisotopic (exact) mass is 337 g/mol. The van der Waals surface area contributed by atoms with Crippen LogP contribution < -0.4 is 11.1 Å². The van der Waals surface area contributed by atoms with E-state index in [9.17, 15) is 0 Å². The molecule has 0 bridgehead atoms. The Kier molecular flexibility index (Phi) is 3.39. The first-order chi connectivity index (χ1) is 8.17. The molecule has 2 rings (SSSR count). The largest absolute Gasteiger partial charge is 0.368 e. The van der Waals surface area contributed by atoms with Crippen LogP contribution in [0, 0.1) is 15.0 Å². The highest BCUT2D eigenvalue weighted by atomic mass is 127. The van der Waals surface area contributed by atoms with Crippen LogP contribution >= 0.6 is 22.6 Å². The van der Waals surface area contributed by atoms with E-state index in [1.165, 1.54) is 0 Å². The van der Waals surface area contributed by atoms with Gasteiger partial charge in [-0.25, -0.2) is 4.98 Å². The molecule has 0 saturated heterocycles. The smallest absolute Gasteiger partial charge is 0.222 e. The molecule has 0 unspecified atom stereocenters. The molecule has 1 aromatic carbocycles. The topological polar surface area (TPSA) is 87.6 Å². The SMILES string of the molecule is N#Cc1ccc(Nc2cc(I)nc(N)n2)cc1. The summed E-state index contributed by atoms with van der Waals surface area (Å²) in [6, 6.07) is 10.9. The Balaban J connectivity index is 2.22. The maximum Gasteiger partial charge on any atom is 0.222 e. The number of hydrogen-bond acceptors (Lipinski definition) is 5. The minimum atomic E-state index is 0.230. The highest BCUT2D eigenvalue weighted by Crippen LogP contribution is 2.17. The van der Waals surface area contributed by atoms with Gasteiger partial charge in [0.05, 0.1) is 11.6 Å². The second-order valence-corrected chi connectivity index (χ2v) is 4.35. The van der Waals surface area contributed by atoms with E-state index in [0.29, 0.717) is 11.4 Å². The Morgan fingerprint density at radius 1 is 1.24 bits per heavy atom. The molecule has 6 heteroatoms. The predicted molar refractivity (Wildman–Crippen MR) is 73.6 cm³/mol. The van der Waals surface area contributed by atoms with Crippen LogP contribution in [0.2, 0.25) is 0 Å². The van der Waals surface area contributed by atoms with E-state index >= 15 is 0 Å². The standard InChI is InChI=1S/C11H8IN5/c12-9-5-10(17-11(14)16-9)15-8-3-1-7(6-13)2-4-8/h1-5H,(H3,14,15,16,17). The Morgan fingerprint density at radius 2 is 1.94 bits per heavy atom. The Morgan fingerprint density at radius 3 is 2.53 bits per heavy atom. The van der Waals surface area contributed by atoms with Crippen molar-refractivity contribution in [3.05, 3.63) is 39.6 Å². The summed E-state index contributed by atoms with van der Waals surface area (Å²) < 4.78 is 0.770. The van der Waals surface area contributed by atoms with Crippen LogP contribution in [-0.4, -0.2) is 9.97 Å². The fourth-order valence-corrected chi connectivity index (χ4v) is 1.82. The van der Waals surface area contributed by atoms with Crippen molar-refractivity contribution in [3.8, 4) is 6.07 Å². The van der Waals surface area contributed by atoms with Crippen LogP contribution in [0.5, 0.6) is 0 Å². The molecular weight excluding hydrogens is 329 g/mol. The highest BCUT2D eigenvalue weighted by Gasteiger charge is 2.00. The number of nitrogens with zero attached hydrogens (tertiary/aromatic N) is 3. The zero-order chi connectivity index (χ0) is 12.3. The summed E-state index contributed by atoms with van der Waals surface area (Å²) in [6.07, 6.45) is 0. The molecule has 1 heterocycles. The number of nitrogens with two attached hydrogens (primary N) is 1. The number of aromatic nitrogens is 2. The number of hydrogen-bond donors (Lipinski definition) is 2. The van der Waals surface area contributed by atoms with Gasteiger partial charge >= 0.3 is 0 Å². The molecule has 84 valence electrons. The number of rotatable bonds is 2. The van der Waals surface area contributed by atoms with Crippen molar-refractivity contribution in [2.24, 2.45) is 0 Å². The van der Waals surface area contributed by atoms with E-state index in [1.54, 1.807) is 18.2 Å². The summed E-state index contributed by atoms with van der Waals surface area (Å²) in [4.78, 5) is 8.03. The molecule has 0 aliphatic carbocycles. The number of anilines is 3. The number of nitriles is 1. The quantitative estimate of drug-likeness (QED) is 0.648. The van der Waals surface area contributed by atoms with E-state index in [1.807, 2.05) is 12.1 Å². The lowest BCUT2D eigenvalue weighted by Gasteiger charge is -2.06. The first kappa shape index (κ1) is 11.6. The molecule has 3 N–H and O–H groups in total. The Hall–Kier alpha value is -1.88. The van der Waals surface area contributed by atoms with Gasteiger partial charge in [0.25, 0.3) is 0 Å². The van der Waals surface area contributed by atoms with Crippen molar-refractivity contribution in [2.75, 3.05) is 11.1 Å². The molecule has 2 aromatic rings. The molecular formula is C11H8IN5. The molecule has 0 fully saturated rings. The van der Waals surface area contributed by atoms with Gasteiger partial charge in [-0.1, -0.05) is 0 Å². The summed E-state index contributed by atoms with van der Waals surface area (Å²) in [5.74, 6) is 0.861. The van der Waals surface area contributed by atoms with Crippen molar-refractivity contribution >= 4 is 40.0 Å². The Bertz CT molecular complexity index is 553. The van der Waals surface area contributed by atoms with Gasteiger partial charge in [-0.3, -0.25) is 0 Å². The zero-order valence-electron chi connectivity index (χ0n) is 8.68. The normalized spacial score (nSPS) is 9.65. The molecule has 5 nitrogen and oxygen atoms in total. The molecule has 1 aromatic heterocycles. The van der Waals surface area contributed by atoms with Crippen LogP contribution in [0.15, 0.2) is 30.3 Å². The minimum Gasteiger partial charge on any atom is -0.368 e. The van der Waals surface area contributed by atoms with E-state index < -0.39 is 0 Å². The average Bonchev–Trinajstić information content (AvgIpc) is 2.28. The fourth-order valence-electron chi connectivity index (χ4n) is 1.28. The van der Waals surface area contributed by atoms with Crippen LogP contribution in [-0.2, 0) is 0 Å². The molecule has 0 saturated carbocycles. The molecule has 0 amide bonds. The summed E-state index contributed by atoms with van der Waals surface area (Å²) in [5, 5.41) is 11.8. The molecule has 0 atom stereocenters. The lowest BCUT2D eigenvalue weighted by molar-refractivity contribution is 1.15. The number of halogens is 1. The van der Waals surface area contributed by atoms with Crippen molar-refractivity contribution in [2.45, 2.75) is 0 Å². The molecule has 0 spiro atoms. The number of benzene rings is 1. The van der Waals surface area contributed by atoms with E-state index in [-0.39, 0.29) is 5.95 Å². The van der Waals surface area contributed by atoms with E-state index in [0.717, 1.165) is 9.39 Å². The minimum absolute atomic E-state index is 0.230. The molecule has 17 heavy (non-hydrogen) atoms. The molecule has 0 aliphatic rings. The van der Waals surface area contributed by atoms with Crippen LogP contribution in [0.3, 0.4) is 0 Å². The van der Waals surface area contributed by atoms with Crippen LogP contribution in [0.1, 0.15) is 5.56 Å². The second-order valence-electron chi connectivity index (χ2n) is 3.25. The van der Waals surface area contributed by atoms with E-state index in [4.69, 9.17) is 11.0 Å². The van der Waals surface area contributed by atoms with Crippen LogP contribution in [0.4, 0.5) is 17.5 Å². The average molecular weight is 337 g/mol. The maximum absolute atomic E-state index is 8.68. The van der Waals surface area contributed by atoms with Crippen molar-refractivity contribution in [1.82, 2.24) is 9.97 Å². The third-order valence-corrected chi connectivity index (χ3v) is 2.55. The van der Waals surface area contributed by atoms with Crippen molar-refractivity contribution in [1.29, 1.82) is 5.26 Å². The maximum atomic E-state index is 8.68. The highest BCUT2D eigenvalue weighted by molar-refractivity contribution is 14.1. The van der Waals surface area contributed by atoms with Gasteiger partial charge in [-0.15, -0.1) is 0 Å². The lowest BCUT2D eigenvalue weighted by atomic mass is 10.2. The fraction of sp³-hybridized carbons (Fsp3) is 0. The van der Waals surface area contributed by atoms with Crippen LogP contribution in [0.25, 0.3) is 0 Å². The third kappa shape index (κ3) is 3.04. The van der Waals surface area contributed by atoms with Gasteiger partial charge in [0.2, 0.25) is 5.95 Å². The Labute approximate surface area is 112 Å². The van der Waals surface area contributed by atoms with Gasteiger partial charge < -0.3 is 11.1 Å². The molecule has 0 radical (unpaired) electrons. The third-order valence-electron chi connectivity index (χ3n) is 2.00. The van der Waals surface area contributed by atoms with E-state index in [2.05, 4.69) is 43.9 Å². The second kappa shape index (κ2) is 4.97. The number of nitrogen functional groups attached to an aromatic ring is 1. The van der Waals surface area contributed by atoms with Gasteiger partial charge in [-0.2, -0.15) is 10.2 Å². The summed E-state index contributed by atoms with van der Waals surface area (Å²) in [6.45, 7) is 0. The van der Waals surface area contributed by atoms with Gasteiger partial charge in [-0.05, 0) is 46.9 Å². The number of nitrogens with one attached hydrogen (secondary N) is 1. The summed E-state index contributed by atoms with van der Waals surface area (Å²) in [5.41, 5.74) is 7.01. The van der Waals surface area contributed by atoms with Crippen molar-refractivity contribution < 1.29 is 0 Å².